The first kappa shape index (κ1) is 12.6. The fourth-order valence-electron chi connectivity index (χ4n) is 1.80. The van der Waals surface area contributed by atoms with Crippen molar-refractivity contribution in [2.45, 2.75) is 25.4 Å². The Kier molecular flexibility index (Phi) is 3.80. The van der Waals surface area contributed by atoms with E-state index in [0.717, 1.165) is 22.5 Å². The second-order valence-electron chi connectivity index (χ2n) is 4.68. The molecule has 2 aromatic rings. The molecule has 0 saturated heterocycles. The van der Waals surface area contributed by atoms with Crippen molar-refractivity contribution in [3.8, 4) is 11.6 Å². The average molecular weight is 319 g/mol. The number of nitrogens with one attached hydrogen (secondary N) is 1. The molecule has 1 aliphatic carbocycles. The van der Waals surface area contributed by atoms with E-state index < -0.39 is 0 Å². The van der Waals surface area contributed by atoms with Crippen LogP contribution in [0.15, 0.2) is 46.9 Å². The third kappa shape index (κ3) is 3.78. The molecule has 1 fully saturated rings. The lowest BCUT2D eigenvalue weighted by atomic mass is 10.3. The Morgan fingerprint density at radius 3 is 2.84 bits per heavy atom. The van der Waals surface area contributed by atoms with Gasteiger partial charge in [-0.05, 0) is 37.1 Å². The van der Waals surface area contributed by atoms with Crippen molar-refractivity contribution >= 4 is 15.9 Å². The Balaban J connectivity index is 1.67. The van der Waals surface area contributed by atoms with E-state index in [2.05, 4.69) is 26.2 Å². The fourth-order valence-corrected chi connectivity index (χ4v) is 2.18. The third-order valence-electron chi connectivity index (χ3n) is 2.95. The van der Waals surface area contributed by atoms with Crippen LogP contribution in [0.25, 0.3) is 0 Å². The van der Waals surface area contributed by atoms with Crippen molar-refractivity contribution in [1.82, 2.24) is 10.3 Å². The van der Waals surface area contributed by atoms with E-state index in [4.69, 9.17) is 4.74 Å². The van der Waals surface area contributed by atoms with Crippen molar-refractivity contribution < 1.29 is 4.74 Å². The normalized spacial score (nSPS) is 14.4. The zero-order chi connectivity index (χ0) is 13.1. The summed E-state index contributed by atoms with van der Waals surface area (Å²) in [6, 6.07) is 14.3. The molecule has 0 amide bonds. The van der Waals surface area contributed by atoms with E-state index in [1.54, 1.807) is 0 Å². The summed E-state index contributed by atoms with van der Waals surface area (Å²) < 4.78 is 6.75. The highest BCUT2D eigenvalue weighted by atomic mass is 79.9. The summed E-state index contributed by atoms with van der Waals surface area (Å²) in [4.78, 5) is 4.50. The minimum atomic E-state index is 0.633. The molecule has 0 radical (unpaired) electrons. The van der Waals surface area contributed by atoms with E-state index in [-0.39, 0.29) is 0 Å². The lowest BCUT2D eigenvalue weighted by Gasteiger charge is -2.07. The zero-order valence-electron chi connectivity index (χ0n) is 10.5. The van der Waals surface area contributed by atoms with E-state index in [1.807, 2.05) is 42.5 Å². The number of benzene rings is 1. The maximum absolute atomic E-state index is 5.75. The highest BCUT2D eigenvalue weighted by Gasteiger charge is 2.20. The number of hydrogen-bond acceptors (Lipinski definition) is 3. The van der Waals surface area contributed by atoms with E-state index in [9.17, 15) is 0 Å². The van der Waals surface area contributed by atoms with Gasteiger partial charge in [-0.25, -0.2) is 4.98 Å². The molecule has 4 heteroatoms. The highest BCUT2D eigenvalue weighted by Crippen LogP contribution is 2.23. The van der Waals surface area contributed by atoms with Crippen LogP contribution in [0.3, 0.4) is 0 Å². The van der Waals surface area contributed by atoms with Crippen molar-refractivity contribution in [2.24, 2.45) is 0 Å². The summed E-state index contributed by atoms with van der Waals surface area (Å²) in [6.07, 6.45) is 2.57. The molecule has 1 aromatic carbocycles. The van der Waals surface area contributed by atoms with Crippen LogP contribution < -0.4 is 10.1 Å². The average Bonchev–Trinajstić information content (AvgIpc) is 3.21. The summed E-state index contributed by atoms with van der Waals surface area (Å²) in [5, 5.41) is 3.45. The van der Waals surface area contributed by atoms with Gasteiger partial charge in [0.05, 0.1) is 5.69 Å². The van der Waals surface area contributed by atoms with Crippen molar-refractivity contribution in [2.75, 3.05) is 0 Å². The Bertz CT molecular complexity index is 570. The Labute approximate surface area is 121 Å². The predicted octanol–water partition coefficient (Wildman–Crippen LogP) is 3.89. The molecule has 19 heavy (non-hydrogen) atoms. The van der Waals surface area contributed by atoms with Crippen LogP contribution in [0, 0.1) is 0 Å². The molecule has 98 valence electrons. The van der Waals surface area contributed by atoms with Gasteiger partial charge in [0.25, 0.3) is 0 Å². The van der Waals surface area contributed by atoms with E-state index >= 15 is 0 Å². The van der Waals surface area contributed by atoms with Gasteiger partial charge in [-0.3, -0.25) is 0 Å². The third-order valence-corrected chi connectivity index (χ3v) is 3.44. The molecule has 3 rings (SSSR count). The molecule has 0 bridgehead atoms. The SMILES string of the molecule is Brc1cccc(Oc2cccc(CNC3CC3)n2)c1. The summed E-state index contributed by atoms with van der Waals surface area (Å²) in [7, 11) is 0. The molecule has 1 heterocycles. The number of rotatable bonds is 5. The molecule has 1 aliphatic rings. The number of aromatic nitrogens is 1. The van der Waals surface area contributed by atoms with Crippen LogP contribution >= 0.6 is 15.9 Å². The van der Waals surface area contributed by atoms with Gasteiger partial charge in [-0.1, -0.05) is 28.1 Å². The van der Waals surface area contributed by atoms with Gasteiger partial charge in [0.15, 0.2) is 0 Å². The first-order valence-corrected chi connectivity index (χ1v) is 7.22. The minimum Gasteiger partial charge on any atom is -0.439 e. The van der Waals surface area contributed by atoms with Gasteiger partial charge in [-0.15, -0.1) is 0 Å². The topological polar surface area (TPSA) is 34.1 Å². The van der Waals surface area contributed by atoms with Gasteiger partial charge in [0, 0.05) is 23.1 Å². The second kappa shape index (κ2) is 5.72. The quantitative estimate of drug-likeness (QED) is 0.908. The molecule has 0 atom stereocenters. The van der Waals surface area contributed by atoms with Gasteiger partial charge in [0.2, 0.25) is 5.88 Å². The number of pyridine rings is 1. The van der Waals surface area contributed by atoms with Gasteiger partial charge < -0.3 is 10.1 Å². The van der Waals surface area contributed by atoms with Crippen LogP contribution in [0.4, 0.5) is 0 Å². The maximum atomic E-state index is 5.75. The van der Waals surface area contributed by atoms with Crippen molar-refractivity contribution in [1.29, 1.82) is 0 Å². The van der Waals surface area contributed by atoms with Crippen LogP contribution in [0.2, 0.25) is 0 Å². The molecular weight excluding hydrogens is 304 g/mol. The molecule has 1 saturated carbocycles. The molecule has 0 spiro atoms. The summed E-state index contributed by atoms with van der Waals surface area (Å²) >= 11 is 3.43. The minimum absolute atomic E-state index is 0.633. The molecule has 0 unspecified atom stereocenters. The Morgan fingerprint density at radius 1 is 1.21 bits per heavy atom. The molecule has 1 N–H and O–H groups in total. The van der Waals surface area contributed by atoms with Crippen LogP contribution in [0.1, 0.15) is 18.5 Å². The molecular formula is C15H15BrN2O. The first-order valence-electron chi connectivity index (χ1n) is 6.42. The van der Waals surface area contributed by atoms with Gasteiger partial charge in [-0.2, -0.15) is 0 Å². The Morgan fingerprint density at radius 2 is 2.05 bits per heavy atom. The second-order valence-corrected chi connectivity index (χ2v) is 5.60. The van der Waals surface area contributed by atoms with Gasteiger partial charge >= 0.3 is 0 Å². The smallest absolute Gasteiger partial charge is 0.219 e. The fraction of sp³-hybridized carbons (Fsp3) is 0.267. The highest BCUT2D eigenvalue weighted by molar-refractivity contribution is 9.10. The maximum Gasteiger partial charge on any atom is 0.219 e. The lowest BCUT2D eigenvalue weighted by Crippen LogP contribution is -2.16. The first-order chi connectivity index (χ1) is 9.29. The van der Waals surface area contributed by atoms with Crippen LogP contribution in [-0.4, -0.2) is 11.0 Å². The summed E-state index contributed by atoms with van der Waals surface area (Å²) in [5.41, 5.74) is 1.01. The van der Waals surface area contributed by atoms with Crippen molar-refractivity contribution in [3.05, 3.63) is 52.6 Å². The summed E-state index contributed by atoms with van der Waals surface area (Å²) in [6.45, 7) is 0.806. The molecule has 0 aliphatic heterocycles. The van der Waals surface area contributed by atoms with E-state index in [0.29, 0.717) is 11.9 Å². The van der Waals surface area contributed by atoms with Crippen LogP contribution in [0.5, 0.6) is 11.6 Å². The van der Waals surface area contributed by atoms with Crippen LogP contribution in [-0.2, 0) is 6.54 Å². The van der Waals surface area contributed by atoms with Crippen molar-refractivity contribution in [3.63, 3.8) is 0 Å². The Hall–Kier alpha value is -1.39. The number of hydrogen-bond donors (Lipinski definition) is 1. The summed E-state index contributed by atoms with van der Waals surface area (Å²) in [5.74, 6) is 1.42. The van der Waals surface area contributed by atoms with Gasteiger partial charge in [0.1, 0.15) is 5.75 Å². The van der Waals surface area contributed by atoms with E-state index in [1.165, 1.54) is 12.8 Å². The molecule has 3 nitrogen and oxygen atoms in total. The lowest BCUT2D eigenvalue weighted by molar-refractivity contribution is 0.459. The number of halogens is 1. The number of ether oxygens (including phenoxy) is 1. The number of nitrogens with zero attached hydrogens (tertiary/aromatic N) is 1. The monoisotopic (exact) mass is 318 g/mol. The molecule has 1 aromatic heterocycles. The largest absolute Gasteiger partial charge is 0.439 e. The zero-order valence-corrected chi connectivity index (χ0v) is 12.1. The predicted molar refractivity (Wildman–Crippen MR) is 78.3 cm³/mol. The standard InChI is InChI=1S/C15H15BrN2O/c16-11-3-1-5-14(9-11)19-15-6-2-4-13(18-15)10-17-12-7-8-12/h1-6,9,12,17H,7-8,10H2.